The van der Waals surface area contributed by atoms with Gasteiger partial charge in [0, 0.05) is 19.2 Å². The van der Waals surface area contributed by atoms with Crippen LogP contribution in [-0.2, 0) is 16.9 Å². The molecule has 6 nitrogen and oxygen atoms in total. The van der Waals surface area contributed by atoms with Crippen LogP contribution in [0.5, 0.6) is 5.75 Å². The molecule has 0 bridgehead atoms. The Bertz CT molecular complexity index is 858. The van der Waals surface area contributed by atoms with Gasteiger partial charge in [0.05, 0.1) is 0 Å². The number of halogens is 2. The molecule has 0 saturated carbocycles. The number of rotatable bonds is 5. The van der Waals surface area contributed by atoms with Crippen molar-refractivity contribution < 1.29 is 18.3 Å². The number of hydrogen-bond acceptors (Lipinski definition) is 5. The van der Waals surface area contributed by atoms with Gasteiger partial charge in [-0.2, -0.15) is 8.78 Å². The predicted molar refractivity (Wildman–Crippen MR) is 92.6 cm³/mol. The van der Waals surface area contributed by atoms with Gasteiger partial charge in [0.25, 0.3) is 5.91 Å². The average Bonchev–Trinajstić information content (AvgIpc) is 2.87. The Morgan fingerprint density at radius 3 is 2.42 bits per heavy atom. The second-order valence-corrected chi connectivity index (χ2v) is 5.82. The number of nitrogens with two attached hydrogens (primary N) is 2. The van der Waals surface area contributed by atoms with Crippen molar-refractivity contribution in [2.45, 2.75) is 18.7 Å². The molecule has 0 aromatic heterocycles. The molecule has 2 aromatic carbocycles. The summed E-state index contributed by atoms with van der Waals surface area (Å²) >= 11 is 0. The Hall–Kier alpha value is -3.00. The number of guanidine groups is 1. The van der Waals surface area contributed by atoms with Gasteiger partial charge in [0.15, 0.2) is 11.5 Å². The van der Waals surface area contributed by atoms with E-state index in [-0.39, 0.29) is 24.2 Å². The first-order valence-corrected chi connectivity index (χ1v) is 7.87. The number of hydrogen-bond donors (Lipinski definition) is 2. The lowest BCUT2D eigenvalue weighted by molar-refractivity contribution is -0.129. The number of ether oxygens (including phenoxy) is 1. The molecular formula is C18H18F2N4O2. The summed E-state index contributed by atoms with van der Waals surface area (Å²) < 4.78 is 29.7. The van der Waals surface area contributed by atoms with Crippen molar-refractivity contribution in [2.24, 2.45) is 16.5 Å². The summed E-state index contributed by atoms with van der Waals surface area (Å²) in [6.45, 7) is -3.01. The molecule has 2 aromatic rings. The lowest BCUT2D eigenvalue weighted by atomic mass is 9.82. The van der Waals surface area contributed by atoms with Crippen LogP contribution < -0.4 is 16.2 Å². The molecule has 1 aliphatic rings. The van der Waals surface area contributed by atoms with E-state index in [2.05, 4.69) is 9.73 Å². The molecule has 0 radical (unpaired) electrons. The van der Waals surface area contributed by atoms with Gasteiger partial charge in [0.2, 0.25) is 0 Å². The van der Waals surface area contributed by atoms with Gasteiger partial charge < -0.3 is 16.2 Å². The maximum Gasteiger partial charge on any atom is 0.387 e. The summed E-state index contributed by atoms with van der Waals surface area (Å²) in [4.78, 5) is 18.7. The van der Waals surface area contributed by atoms with E-state index < -0.39 is 12.2 Å². The SMILES string of the molecule is CN1C(=O)C(c2ccccc2)(c2ccc(OC(F)F)c(CN)c2)N=C1N. The third kappa shape index (κ3) is 2.78. The first-order chi connectivity index (χ1) is 12.4. The Balaban J connectivity index is 2.20. The van der Waals surface area contributed by atoms with E-state index in [0.717, 1.165) is 0 Å². The zero-order chi connectivity index (χ0) is 18.9. The smallest absolute Gasteiger partial charge is 0.387 e. The van der Waals surface area contributed by atoms with Gasteiger partial charge in [-0.15, -0.1) is 0 Å². The Kier molecular flexibility index (Phi) is 4.60. The van der Waals surface area contributed by atoms with Crippen molar-refractivity contribution in [2.75, 3.05) is 7.05 Å². The summed E-state index contributed by atoms with van der Waals surface area (Å²) in [5.41, 5.74) is 11.6. The third-order valence-electron chi connectivity index (χ3n) is 4.35. The van der Waals surface area contributed by atoms with Gasteiger partial charge in [-0.1, -0.05) is 36.4 Å². The highest BCUT2D eigenvalue weighted by Crippen LogP contribution is 2.40. The van der Waals surface area contributed by atoms with Crippen molar-refractivity contribution in [3.8, 4) is 5.75 Å². The highest BCUT2D eigenvalue weighted by Gasteiger charge is 2.49. The molecule has 0 aliphatic carbocycles. The summed E-state index contributed by atoms with van der Waals surface area (Å²) in [5.74, 6) is -0.307. The van der Waals surface area contributed by atoms with Gasteiger partial charge in [-0.05, 0) is 23.3 Å². The molecule has 1 unspecified atom stereocenters. The number of amides is 1. The van der Waals surface area contributed by atoms with Crippen LogP contribution in [0.2, 0.25) is 0 Å². The minimum Gasteiger partial charge on any atom is -0.434 e. The first kappa shape index (κ1) is 17.8. The van der Waals surface area contributed by atoms with E-state index in [4.69, 9.17) is 11.5 Å². The van der Waals surface area contributed by atoms with E-state index in [1.165, 1.54) is 24.1 Å². The maximum absolute atomic E-state index is 13.0. The average molecular weight is 360 g/mol. The van der Waals surface area contributed by atoms with E-state index in [1.807, 2.05) is 6.07 Å². The van der Waals surface area contributed by atoms with E-state index in [9.17, 15) is 13.6 Å². The van der Waals surface area contributed by atoms with Gasteiger partial charge >= 0.3 is 6.61 Å². The monoisotopic (exact) mass is 360 g/mol. The van der Waals surface area contributed by atoms with Crippen molar-refractivity contribution in [3.63, 3.8) is 0 Å². The minimum atomic E-state index is -2.97. The van der Waals surface area contributed by atoms with Crippen molar-refractivity contribution in [1.82, 2.24) is 4.90 Å². The summed E-state index contributed by atoms with van der Waals surface area (Å²) in [6.07, 6.45) is 0. The largest absolute Gasteiger partial charge is 0.434 e. The van der Waals surface area contributed by atoms with Crippen LogP contribution in [0.4, 0.5) is 8.78 Å². The van der Waals surface area contributed by atoms with Crippen molar-refractivity contribution >= 4 is 11.9 Å². The molecule has 0 saturated heterocycles. The highest BCUT2D eigenvalue weighted by atomic mass is 19.3. The molecule has 0 fully saturated rings. The number of aliphatic imine (C=N–C) groups is 1. The molecule has 4 N–H and O–H groups in total. The number of carbonyl (C=O) groups is 1. The Morgan fingerprint density at radius 1 is 1.19 bits per heavy atom. The number of alkyl halides is 2. The molecular weight excluding hydrogens is 342 g/mol. The van der Waals surface area contributed by atoms with Crippen LogP contribution in [0.3, 0.4) is 0 Å². The van der Waals surface area contributed by atoms with E-state index >= 15 is 0 Å². The topological polar surface area (TPSA) is 93.9 Å². The molecule has 8 heteroatoms. The predicted octanol–water partition coefficient (Wildman–Crippen LogP) is 1.78. The Morgan fingerprint density at radius 2 is 1.88 bits per heavy atom. The molecule has 0 spiro atoms. The quantitative estimate of drug-likeness (QED) is 0.850. The van der Waals surface area contributed by atoms with Crippen molar-refractivity contribution in [3.05, 3.63) is 65.2 Å². The molecule has 3 rings (SSSR count). The highest BCUT2D eigenvalue weighted by molar-refractivity contribution is 6.08. The number of carbonyl (C=O) groups excluding carboxylic acids is 1. The molecule has 26 heavy (non-hydrogen) atoms. The fourth-order valence-electron chi connectivity index (χ4n) is 3.04. The lowest BCUT2D eigenvalue weighted by Gasteiger charge is -2.27. The zero-order valence-electron chi connectivity index (χ0n) is 14.0. The van der Waals surface area contributed by atoms with Crippen LogP contribution in [0.1, 0.15) is 16.7 Å². The van der Waals surface area contributed by atoms with Gasteiger partial charge in [-0.25, -0.2) is 4.99 Å². The molecule has 1 aliphatic heterocycles. The van der Waals surface area contributed by atoms with Crippen molar-refractivity contribution in [1.29, 1.82) is 0 Å². The number of likely N-dealkylation sites (N-methyl/N-ethyl adjacent to an activating group) is 1. The molecule has 1 heterocycles. The fourth-order valence-corrected chi connectivity index (χ4v) is 3.04. The Labute approximate surface area is 149 Å². The van der Waals surface area contributed by atoms with E-state index in [0.29, 0.717) is 16.7 Å². The first-order valence-electron chi connectivity index (χ1n) is 7.87. The van der Waals surface area contributed by atoms with Crippen LogP contribution >= 0.6 is 0 Å². The molecule has 1 atom stereocenters. The summed E-state index contributed by atoms with van der Waals surface area (Å²) in [6, 6.07) is 13.4. The normalized spacial score (nSPS) is 19.8. The summed E-state index contributed by atoms with van der Waals surface area (Å²) in [5, 5.41) is 0. The van der Waals surface area contributed by atoms with Gasteiger partial charge in [-0.3, -0.25) is 9.69 Å². The van der Waals surface area contributed by atoms with Crippen LogP contribution in [0, 0.1) is 0 Å². The second kappa shape index (κ2) is 6.72. The minimum absolute atomic E-state index is 0.0368. The second-order valence-electron chi connectivity index (χ2n) is 5.82. The molecule has 136 valence electrons. The standard InChI is InChI=1S/C18H18F2N4O2/c1-24-15(25)18(23-17(24)22,12-5-3-2-4-6-12)13-7-8-14(26-16(19)20)11(9-13)10-21/h2-9,16H,10,21H2,1H3,(H2,22,23). The fraction of sp³-hybridized carbons (Fsp3) is 0.222. The van der Waals surface area contributed by atoms with E-state index in [1.54, 1.807) is 30.3 Å². The van der Waals surface area contributed by atoms with Gasteiger partial charge in [0.1, 0.15) is 5.75 Å². The maximum atomic E-state index is 13.0. The number of nitrogens with zero attached hydrogens (tertiary/aromatic N) is 2. The lowest BCUT2D eigenvalue weighted by Crippen LogP contribution is -2.41. The third-order valence-corrected chi connectivity index (χ3v) is 4.35. The van der Waals surface area contributed by atoms with Crippen LogP contribution in [-0.4, -0.2) is 30.4 Å². The number of benzene rings is 2. The summed E-state index contributed by atoms with van der Waals surface area (Å²) in [7, 11) is 1.53. The molecule has 1 amide bonds. The zero-order valence-corrected chi connectivity index (χ0v) is 14.0. The van der Waals surface area contributed by atoms with Crippen LogP contribution in [0.15, 0.2) is 53.5 Å². The van der Waals surface area contributed by atoms with Crippen LogP contribution in [0.25, 0.3) is 0 Å².